The average Bonchev–Trinajstić information content (AvgIpc) is 2.78. The van der Waals surface area contributed by atoms with Crippen LogP contribution in [0.2, 0.25) is 0 Å². The molecule has 0 radical (unpaired) electrons. The Labute approximate surface area is 108 Å². The van der Waals surface area contributed by atoms with Crippen molar-refractivity contribution >= 4 is 17.4 Å². The normalized spacial score (nSPS) is 25.1. The predicted molar refractivity (Wildman–Crippen MR) is 76.9 cm³/mol. The number of hydrogen-bond acceptors (Lipinski definition) is 2. The number of thioether (sulfide) groups is 1. The largest absolute Gasteiger partial charge is 0.384 e. The van der Waals surface area contributed by atoms with Crippen LogP contribution in [0.5, 0.6) is 0 Å². The summed E-state index contributed by atoms with van der Waals surface area (Å²) in [7, 11) is 0. The van der Waals surface area contributed by atoms with E-state index in [9.17, 15) is 0 Å². The van der Waals surface area contributed by atoms with Crippen LogP contribution in [-0.4, -0.2) is 17.0 Å². The Hall–Kier alpha value is -0.630. The molecule has 92 valence electrons. The van der Waals surface area contributed by atoms with Gasteiger partial charge in [0, 0.05) is 22.7 Å². The molecule has 1 heterocycles. The molecule has 1 fully saturated rings. The zero-order valence-corrected chi connectivity index (χ0v) is 11.1. The van der Waals surface area contributed by atoms with Crippen molar-refractivity contribution in [1.82, 2.24) is 0 Å². The van der Waals surface area contributed by atoms with Gasteiger partial charge in [-0.2, -0.15) is 11.8 Å². The van der Waals surface area contributed by atoms with E-state index in [0.717, 1.165) is 17.0 Å². The van der Waals surface area contributed by atoms with Gasteiger partial charge in [0.25, 0.3) is 0 Å². The third kappa shape index (κ3) is 2.79. The summed E-state index contributed by atoms with van der Waals surface area (Å²) in [4.78, 5) is 0. The van der Waals surface area contributed by atoms with Crippen molar-refractivity contribution in [3.8, 4) is 0 Å². The Balaban J connectivity index is 1.60. The maximum atomic E-state index is 3.63. The highest BCUT2D eigenvalue weighted by molar-refractivity contribution is 8.00. The van der Waals surface area contributed by atoms with Crippen LogP contribution in [0.15, 0.2) is 24.3 Å². The number of anilines is 1. The van der Waals surface area contributed by atoms with E-state index >= 15 is 0 Å². The molecular formula is C15H21NS. The molecule has 1 atom stereocenters. The molecule has 1 aromatic rings. The van der Waals surface area contributed by atoms with E-state index in [2.05, 4.69) is 41.3 Å². The van der Waals surface area contributed by atoms with Gasteiger partial charge in [-0.25, -0.2) is 0 Å². The molecule has 0 amide bonds. The third-order valence-corrected chi connectivity index (χ3v) is 5.60. The van der Waals surface area contributed by atoms with Crippen molar-refractivity contribution in [3.63, 3.8) is 0 Å². The summed E-state index contributed by atoms with van der Waals surface area (Å²) in [5, 5.41) is 5.39. The van der Waals surface area contributed by atoms with Gasteiger partial charge in [0.1, 0.15) is 0 Å². The lowest BCUT2D eigenvalue weighted by Gasteiger charge is -2.18. The van der Waals surface area contributed by atoms with Crippen LogP contribution < -0.4 is 5.32 Å². The maximum Gasteiger partial charge on any atom is 0.0373 e. The lowest BCUT2D eigenvalue weighted by Crippen LogP contribution is -2.17. The lowest BCUT2D eigenvalue weighted by molar-refractivity contribution is 0.789. The molecule has 1 unspecified atom stereocenters. The second-order valence-electron chi connectivity index (χ2n) is 5.24. The van der Waals surface area contributed by atoms with E-state index in [1.165, 1.54) is 49.8 Å². The van der Waals surface area contributed by atoms with E-state index in [1.807, 2.05) is 0 Å². The third-order valence-electron chi connectivity index (χ3n) is 3.96. The van der Waals surface area contributed by atoms with Crippen molar-refractivity contribution in [1.29, 1.82) is 0 Å². The first-order chi connectivity index (χ1) is 8.42. The molecule has 0 aromatic heterocycles. The maximum absolute atomic E-state index is 3.63. The molecule has 0 bridgehead atoms. The fourth-order valence-electron chi connectivity index (χ4n) is 2.97. The van der Waals surface area contributed by atoms with Gasteiger partial charge in [0.05, 0.1) is 0 Å². The lowest BCUT2D eigenvalue weighted by atomic mass is 10.1. The van der Waals surface area contributed by atoms with Crippen LogP contribution in [0, 0.1) is 0 Å². The van der Waals surface area contributed by atoms with Gasteiger partial charge in [-0.05, 0) is 37.3 Å². The van der Waals surface area contributed by atoms with Crippen LogP contribution in [0.25, 0.3) is 0 Å². The van der Waals surface area contributed by atoms with Crippen molar-refractivity contribution in [2.45, 2.75) is 49.0 Å². The molecule has 17 heavy (non-hydrogen) atoms. The van der Waals surface area contributed by atoms with Crippen molar-refractivity contribution < 1.29 is 0 Å². The van der Waals surface area contributed by atoms with Gasteiger partial charge in [-0.1, -0.05) is 31.0 Å². The van der Waals surface area contributed by atoms with Gasteiger partial charge < -0.3 is 5.32 Å². The molecule has 1 N–H and O–H groups in total. The van der Waals surface area contributed by atoms with Crippen molar-refractivity contribution in [2.75, 3.05) is 11.9 Å². The standard InChI is InChI=1S/C15H21NS/c1-4-8-15-12(5-1)9-10-14(11-16-15)17-13-6-2-3-7-13/h1,4-5,8,13-14,16H,2-3,6-7,9-11H2. The van der Waals surface area contributed by atoms with E-state index in [4.69, 9.17) is 0 Å². The number of nitrogens with one attached hydrogen (secondary N) is 1. The van der Waals surface area contributed by atoms with Gasteiger partial charge in [-0.15, -0.1) is 0 Å². The fourth-order valence-corrected chi connectivity index (χ4v) is 4.55. The Morgan fingerprint density at radius 1 is 1.00 bits per heavy atom. The molecule has 2 aliphatic rings. The second-order valence-corrected chi connectivity index (χ2v) is 6.85. The van der Waals surface area contributed by atoms with Crippen LogP contribution in [-0.2, 0) is 6.42 Å². The smallest absolute Gasteiger partial charge is 0.0373 e. The summed E-state index contributed by atoms with van der Waals surface area (Å²) >= 11 is 2.25. The molecular weight excluding hydrogens is 226 g/mol. The number of rotatable bonds is 2. The van der Waals surface area contributed by atoms with Gasteiger partial charge >= 0.3 is 0 Å². The minimum Gasteiger partial charge on any atom is -0.384 e. The van der Waals surface area contributed by atoms with Gasteiger partial charge in [0.15, 0.2) is 0 Å². The minimum absolute atomic E-state index is 0.811. The van der Waals surface area contributed by atoms with Crippen LogP contribution >= 0.6 is 11.8 Å². The molecule has 1 aromatic carbocycles. The van der Waals surface area contributed by atoms with E-state index in [-0.39, 0.29) is 0 Å². The Bertz CT molecular complexity index is 344. The molecule has 3 rings (SSSR count). The number of fused-ring (bicyclic) bond motifs is 1. The van der Waals surface area contributed by atoms with Crippen molar-refractivity contribution in [2.24, 2.45) is 0 Å². The topological polar surface area (TPSA) is 12.0 Å². The van der Waals surface area contributed by atoms with Gasteiger partial charge in [-0.3, -0.25) is 0 Å². The zero-order valence-electron chi connectivity index (χ0n) is 10.3. The molecule has 1 aliphatic carbocycles. The minimum atomic E-state index is 0.811. The quantitative estimate of drug-likeness (QED) is 0.845. The second kappa shape index (κ2) is 5.34. The Morgan fingerprint density at radius 3 is 2.71 bits per heavy atom. The molecule has 0 spiro atoms. The number of aryl methyl sites for hydroxylation is 1. The molecule has 1 nitrogen and oxygen atoms in total. The number of benzene rings is 1. The Kier molecular flexibility index (Phi) is 3.60. The summed E-state index contributed by atoms with van der Waals surface area (Å²) in [6.45, 7) is 1.15. The molecule has 0 saturated heterocycles. The summed E-state index contributed by atoms with van der Waals surface area (Å²) in [6, 6.07) is 8.78. The first kappa shape index (κ1) is 11.5. The predicted octanol–water partition coefficient (Wildman–Crippen LogP) is 4.09. The highest BCUT2D eigenvalue weighted by Crippen LogP contribution is 2.35. The van der Waals surface area contributed by atoms with Crippen LogP contribution in [0.1, 0.15) is 37.7 Å². The van der Waals surface area contributed by atoms with E-state index < -0.39 is 0 Å². The summed E-state index contributed by atoms with van der Waals surface area (Å²) in [6.07, 6.45) is 8.40. The highest BCUT2D eigenvalue weighted by atomic mass is 32.2. The summed E-state index contributed by atoms with van der Waals surface area (Å²) < 4.78 is 0. The number of para-hydroxylation sites is 1. The molecule has 1 aliphatic heterocycles. The first-order valence-electron chi connectivity index (χ1n) is 6.89. The van der Waals surface area contributed by atoms with Crippen LogP contribution in [0.4, 0.5) is 5.69 Å². The number of hydrogen-bond donors (Lipinski definition) is 1. The van der Waals surface area contributed by atoms with E-state index in [0.29, 0.717) is 0 Å². The summed E-state index contributed by atoms with van der Waals surface area (Å²) in [5.74, 6) is 0. The van der Waals surface area contributed by atoms with E-state index in [1.54, 1.807) is 0 Å². The van der Waals surface area contributed by atoms with Crippen molar-refractivity contribution in [3.05, 3.63) is 29.8 Å². The monoisotopic (exact) mass is 247 g/mol. The van der Waals surface area contributed by atoms with Crippen LogP contribution in [0.3, 0.4) is 0 Å². The first-order valence-corrected chi connectivity index (χ1v) is 7.83. The zero-order chi connectivity index (χ0) is 11.5. The van der Waals surface area contributed by atoms with Gasteiger partial charge in [0.2, 0.25) is 0 Å². The SMILES string of the molecule is c1ccc2c(c1)CCC(SC1CCCC1)CN2. The molecule has 2 heteroatoms. The highest BCUT2D eigenvalue weighted by Gasteiger charge is 2.22. The average molecular weight is 247 g/mol. The Morgan fingerprint density at radius 2 is 1.82 bits per heavy atom. The fraction of sp³-hybridized carbons (Fsp3) is 0.600. The molecule has 1 saturated carbocycles. The summed E-state index contributed by atoms with van der Waals surface area (Å²) in [5.41, 5.74) is 2.86.